The fourth-order valence-corrected chi connectivity index (χ4v) is 8.22. The van der Waals surface area contributed by atoms with Crippen LogP contribution < -0.4 is 4.90 Å². The Kier molecular flexibility index (Phi) is 7.58. The zero-order chi connectivity index (χ0) is 34.1. The third-order valence-electron chi connectivity index (χ3n) is 9.81. The van der Waals surface area contributed by atoms with E-state index in [0.29, 0.717) is 74.6 Å². The lowest BCUT2D eigenvalue weighted by Crippen LogP contribution is -2.37. The van der Waals surface area contributed by atoms with Gasteiger partial charge in [0, 0.05) is 60.6 Å². The normalized spacial score (nSPS) is 21.0. The summed E-state index contributed by atoms with van der Waals surface area (Å²) in [4.78, 5) is 40.0. The number of hydrogen-bond acceptors (Lipinski definition) is 10. The molecule has 1 unspecified atom stereocenters. The smallest absolute Gasteiger partial charge is 0.333 e. The van der Waals surface area contributed by atoms with Gasteiger partial charge in [0.25, 0.3) is 11.8 Å². The van der Waals surface area contributed by atoms with Crippen molar-refractivity contribution in [1.29, 1.82) is 0 Å². The molecule has 12 nitrogen and oxygen atoms in total. The van der Waals surface area contributed by atoms with Gasteiger partial charge in [0.15, 0.2) is 11.9 Å². The van der Waals surface area contributed by atoms with Gasteiger partial charge in [-0.25, -0.2) is 19.3 Å². The molecule has 0 N–H and O–H groups in total. The minimum absolute atomic E-state index is 0.0649. The predicted octanol–water partition coefficient (Wildman–Crippen LogP) is 6.56. The number of hydrogen-bond donors (Lipinski definition) is 0. The second kappa shape index (κ2) is 12.2. The summed E-state index contributed by atoms with van der Waals surface area (Å²) in [6, 6.07) is 12.2. The number of alkyl halides is 2. The first-order valence-electron chi connectivity index (χ1n) is 16.3. The molecule has 50 heavy (non-hydrogen) atoms. The second-order valence-electron chi connectivity index (χ2n) is 12.7. The molecular formula is C34H28ClF2N9O3S. The molecule has 0 radical (unpaired) electrons. The quantitative estimate of drug-likeness (QED) is 0.169. The van der Waals surface area contributed by atoms with E-state index in [1.807, 2.05) is 11.4 Å². The highest BCUT2D eigenvalue weighted by molar-refractivity contribution is 7.03. The lowest BCUT2D eigenvalue weighted by Gasteiger charge is -2.23. The van der Waals surface area contributed by atoms with Crippen molar-refractivity contribution in [1.82, 2.24) is 38.8 Å². The molecule has 0 bridgehead atoms. The topological polar surface area (TPSA) is 124 Å². The van der Waals surface area contributed by atoms with Crippen molar-refractivity contribution in [2.24, 2.45) is 5.92 Å². The van der Waals surface area contributed by atoms with E-state index in [4.69, 9.17) is 31.4 Å². The lowest BCUT2D eigenvalue weighted by atomic mass is 9.92. The van der Waals surface area contributed by atoms with Crippen LogP contribution in [0.15, 0.2) is 60.2 Å². The predicted molar refractivity (Wildman–Crippen MR) is 182 cm³/mol. The van der Waals surface area contributed by atoms with E-state index in [-0.39, 0.29) is 41.4 Å². The molecule has 9 rings (SSSR count). The van der Waals surface area contributed by atoms with Crippen molar-refractivity contribution in [3.8, 4) is 11.3 Å². The average Bonchev–Trinajstić information content (AvgIpc) is 3.98. The van der Waals surface area contributed by atoms with Crippen molar-refractivity contribution in [2.45, 2.75) is 38.0 Å². The van der Waals surface area contributed by atoms with Crippen molar-refractivity contribution in [3.63, 3.8) is 0 Å². The average molecular weight is 716 g/mol. The Balaban J connectivity index is 1.09. The zero-order valence-corrected chi connectivity index (χ0v) is 27.9. The summed E-state index contributed by atoms with van der Waals surface area (Å²) in [6.07, 6.45) is 5.16. The maximum absolute atomic E-state index is 13.4. The van der Waals surface area contributed by atoms with Crippen LogP contribution >= 0.6 is 23.1 Å². The minimum atomic E-state index is -2.80. The Morgan fingerprint density at radius 1 is 1.00 bits per heavy atom. The molecule has 0 saturated carbocycles. The number of carbonyl (C=O) groups is 2. The SMILES string of the molecule is O=C1c2ccccc2C(=O)N1C[C@@H]1CN(c2cnc3c(-c4ccc5nn(C(F)F)cc5c4Cl)nn(C4CCCCO4)c3n2)C[C@@H]1c1ccsn1. The maximum Gasteiger partial charge on any atom is 0.333 e. The number of benzene rings is 2. The molecule has 2 amide bonds. The molecule has 2 saturated heterocycles. The highest BCUT2D eigenvalue weighted by atomic mass is 35.5. The monoisotopic (exact) mass is 715 g/mol. The largest absolute Gasteiger partial charge is 0.356 e. The second-order valence-corrected chi connectivity index (χ2v) is 13.8. The van der Waals surface area contributed by atoms with E-state index in [1.165, 1.54) is 22.6 Å². The van der Waals surface area contributed by atoms with Gasteiger partial charge in [-0.3, -0.25) is 14.5 Å². The Bertz CT molecular complexity index is 2250. The van der Waals surface area contributed by atoms with Gasteiger partial charge in [-0.15, -0.1) is 0 Å². The standard InChI is InChI=1S/C34H28ClF2N9O3S/c35-28-21(8-9-24-23(28)17-45(40-24)34(36)37)29-30-31(46(41-29)27-7-3-4-11-49-27)39-26(13-38-30)43-14-18(22(16-43)25-10-12-50-42-25)15-44-32(47)19-5-1-2-6-20(19)33(44)48/h1-2,5-6,8-10,12-13,17-18,22,27,34H,3-4,7,11,14-16H2/t18-,22-,27?/m0/s1. The number of amides is 2. The van der Waals surface area contributed by atoms with E-state index in [9.17, 15) is 18.4 Å². The van der Waals surface area contributed by atoms with Gasteiger partial charge in [-0.1, -0.05) is 23.7 Å². The number of carbonyl (C=O) groups excluding carboxylic acids is 2. The van der Waals surface area contributed by atoms with Gasteiger partial charge in [-0.05, 0) is 61.1 Å². The van der Waals surface area contributed by atoms with Crippen LogP contribution in [0.4, 0.5) is 14.6 Å². The first kappa shape index (κ1) is 31.1. The number of ether oxygens (including phenoxy) is 1. The molecule has 254 valence electrons. The summed E-state index contributed by atoms with van der Waals surface area (Å²) in [5.74, 6) is -0.149. The van der Waals surface area contributed by atoms with Gasteiger partial charge in [-0.2, -0.15) is 23.4 Å². The van der Waals surface area contributed by atoms with Gasteiger partial charge in [0.05, 0.1) is 33.6 Å². The van der Waals surface area contributed by atoms with Crippen molar-refractivity contribution in [3.05, 3.63) is 82.1 Å². The third-order valence-corrected chi connectivity index (χ3v) is 10.8. The Hall–Kier alpha value is -4.86. The van der Waals surface area contributed by atoms with Crippen LogP contribution in [-0.4, -0.2) is 76.9 Å². The zero-order valence-electron chi connectivity index (χ0n) is 26.3. The van der Waals surface area contributed by atoms with Gasteiger partial charge < -0.3 is 9.64 Å². The van der Waals surface area contributed by atoms with E-state index in [1.54, 1.807) is 47.3 Å². The van der Waals surface area contributed by atoms with Crippen LogP contribution in [-0.2, 0) is 4.74 Å². The molecule has 3 aliphatic rings. The summed E-state index contributed by atoms with van der Waals surface area (Å²) in [5.41, 5.74) is 4.04. The first-order valence-corrected chi connectivity index (χ1v) is 17.5. The Morgan fingerprint density at radius 2 is 1.82 bits per heavy atom. The Labute approximate surface area is 292 Å². The maximum atomic E-state index is 13.4. The fourth-order valence-electron chi connectivity index (χ4n) is 7.34. The fraction of sp³-hybridized carbons (Fsp3) is 0.324. The van der Waals surface area contributed by atoms with Crippen LogP contribution in [0.25, 0.3) is 33.3 Å². The van der Waals surface area contributed by atoms with Gasteiger partial charge >= 0.3 is 6.55 Å². The molecule has 3 aliphatic heterocycles. The molecule has 0 spiro atoms. The van der Waals surface area contributed by atoms with Crippen molar-refractivity contribution < 1.29 is 23.1 Å². The number of aromatic nitrogens is 7. The molecule has 0 aliphatic carbocycles. The molecule has 2 aromatic carbocycles. The molecular weight excluding hydrogens is 688 g/mol. The summed E-state index contributed by atoms with van der Waals surface area (Å²) < 4.78 is 40.0. The third kappa shape index (κ3) is 5.05. The van der Waals surface area contributed by atoms with E-state index < -0.39 is 6.55 Å². The molecule has 4 aromatic heterocycles. The molecule has 16 heteroatoms. The van der Waals surface area contributed by atoms with Crippen LogP contribution in [0.3, 0.4) is 0 Å². The highest BCUT2D eigenvalue weighted by Gasteiger charge is 2.42. The van der Waals surface area contributed by atoms with Crippen LogP contribution in [0.1, 0.15) is 64.4 Å². The number of halogens is 3. The number of rotatable bonds is 7. The molecule has 3 atom stereocenters. The van der Waals surface area contributed by atoms with Crippen molar-refractivity contribution >= 4 is 62.8 Å². The minimum Gasteiger partial charge on any atom is -0.356 e. The molecule has 7 heterocycles. The number of anilines is 1. The van der Waals surface area contributed by atoms with E-state index in [0.717, 1.165) is 25.0 Å². The summed E-state index contributed by atoms with van der Waals surface area (Å²) in [6.45, 7) is -0.929. The highest BCUT2D eigenvalue weighted by Crippen LogP contribution is 2.40. The van der Waals surface area contributed by atoms with Crippen LogP contribution in [0.5, 0.6) is 0 Å². The number of imide groups is 1. The van der Waals surface area contributed by atoms with E-state index in [2.05, 4.69) is 14.4 Å². The van der Waals surface area contributed by atoms with Crippen molar-refractivity contribution in [2.75, 3.05) is 31.1 Å². The summed E-state index contributed by atoms with van der Waals surface area (Å²) >= 11 is 8.19. The van der Waals surface area contributed by atoms with Gasteiger partial charge in [0.1, 0.15) is 17.0 Å². The summed E-state index contributed by atoms with van der Waals surface area (Å²) in [5, 5.41) is 11.4. The lowest BCUT2D eigenvalue weighted by molar-refractivity contribution is -0.0368. The summed E-state index contributed by atoms with van der Waals surface area (Å²) in [7, 11) is 0. The first-order chi connectivity index (χ1) is 24.4. The molecule has 6 aromatic rings. The number of fused-ring (bicyclic) bond motifs is 3. The van der Waals surface area contributed by atoms with Crippen LogP contribution in [0.2, 0.25) is 5.02 Å². The molecule has 2 fully saturated rings. The van der Waals surface area contributed by atoms with Gasteiger partial charge in [0.2, 0.25) is 0 Å². The van der Waals surface area contributed by atoms with E-state index >= 15 is 0 Å². The van der Waals surface area contributed by atoms with Crippen LogP contribution in [0, 0.1) is 5.92 Å². The number of nitrogens with zero attached hydrogens (tertiary/aromatic N) is 9. The Morgan fingerprint density at radius 3 is 2.54 bits per heavy atom.